The highest BCUT2D eigenvalue weighted by atomic mass is 16.5. The van der Waals surface area contributed by atoms with Gasteiger partial charge in [-0.2, -0.15) is 0 Å². The van der Waals surface area contributed by atoms with Crippen molar-refractivity contribution in [1.29, 1.82) is 0 Å². The summed E-state index contributed by atoms with van der Waals surface area (Å²) in [6, 6.07) is 8.31. The highest BCUT2D eigenvalue weighted by Gasteiger charge is 2.08. The minimum Gasteiger partial charge on any atom is -0.489 e. The van der Waals surface area contributed by atoms with Gasteiger partial charge in [0.15, 0.2) is 0 Å². The first-order chi connectivity index (χ1) is 14.3. The Hall–Kier alpha value is -1.02. The zero-order valence-electron chi connectivity index (χ0n) is 19.8. The van der Waals surface area contributed by atoms with E-state index in [-0.39, 0.29) is 6.10 Å². The third-order valence-corrected chi connectivity index (χ3v) is 5.92. The lowest BCUT2D eigenvalue weighted by molar-refractivity contribution is 0.192. The van der Waals surface area contributed by atoms with Gasteiger partial charge in [0.25, 0.3) is 0 Å². The van der Waals surface area contributed by atoms with Crippen LogP contribution in [0.1, 0.15) is 116 Å². The van der Waals surface area contributed by atoms with E-state index in [0.717, 1.165) is 25.3 Å². The maximum absolute atomic E-state index is 6.16. The summed E-state index contributed by atoms with van der Waals surface area (Å²) in [6.45, 7) is 8.68. The van der Waals surface area contributed by atoms with Crippen molar-refractivity contribution in [2.45, 2.75) is 123 Å². The molecule has 0 aliphatic heterocycles. The molecule has 0 saturated carbocycles. The molecule has 0 aromatic heterocycles. The van der Waals surface area contributed by atoms with Crippen LogP contribution in [0, 0.1) is 6.92 Å². The van der Waals surface area contributed by atoms with Gasteiger partial charge < -0.3 is 10.1 Å². The molecule has 0 fully saturated rings. The lowest BCUT2D eigenvalue weighted by atomic mass is 10.0. The van der Waals surface area contributed by atoms with E-state index in [1.807, 2.05) is 0 Å². The quantitative estimate of drug-likeness (QED) is 0.221. The number of unbranched alkanes of at least 4 members (excludes halogenated alkanes) is 13. The van der Waals surface area contributed by atoms with Crippen LogP contribution in [-0.2, 0) is 0 Å². The molecular weight excluding hydrogens is 354 g/mol. The first kappa shape index (κ1) is 26.0. The summed E-state index contributed by atoms with van der Waals surface area (Å²) in [5.74, 6) is 1.03. The Balaban J connectivity index is 1.86. The predicted molar refractivity (Wildman–Crippen MR) is 129 cm³/mol. The van der Waals surface area contributed by atoms with Crippen LogP contribution in [-0.4, -0.2) is 19.2 Å². The standard InChI is InChI=1S/C27H49NO/c1-4-6-7-8-9-10-11-12-13-14-15-16-17-20-23-28-24-26(5-2)29-27-22-19-18-21-25(27)3/h18-19,21-22,26,28H,4-17,20,23-24H2,1-3H3. The minimum absolute atomic E-state index is 0.266. The molecule has 0 amide bonds. The number of nitrogens with one attached hydrogen (secondary N) is 1. The van der Waals surface area contributed by atoms with Gasteiger partial charge in [-0.25, -0.2) is 0 Å². The van der Waals surface area contributed by atoms with Crippen LogP contribution in [0.3, 0.4) is 0 Å². The summed E-state index contributed by atoms with van der Waals surface area (Å²) >= 11 is 0. The normalized spacial score (nSPS) is 12.2. The number of ether oxygens (including phenoxy) is 1. The van der Waals surface area contributed by atoms with E-state index in [2.05, 4.69) is 50.4 Å². The van der Waals surface area contributed by atoms with Crippen molar-refractivity contribution in [1.82, 2.24) is 5.32 Å². The van der Waals surface area contributed by atoms with E-state index < -0.39 is 0 Å². The van der Waals surface area contributed by atoms with Crippen LogP contribution in [0.5, 0.6) is 5.75 Å². The molecule has 2 nitrogen and oxygen atoms in total. The molecule has 0 bridgehead atoms. The van der Waals surface area contributed by atoms with Crippen LogP contribution in [0.25, 0.3) is 0 Å². The van der Waals surface area contributed by atoms with Crippen molar-refractivity contribution in [2.24, 2.45) is 0 Å². The molecule has 168 valence electrons. The first-order valence-electron chi connectivity index (χ1n) is 12.7. The smallest absolute Gasteiger partial charge is 0.122 e. The van der Waals surface area contributed by atoms with Crippen molar-refractivity contribution < 1.29 is 4.74 Å². The van der Waals surface area contributed by atoms with Crippen LogP contribution < -0.4 is 10.1 Å². The van der Waals surface area contributed by atoms with Gasteiger partial charge in [-0.05, 0) is 37.9 Å². The van der Waals surface area contributed by atoms with Crippen molar-refractivity contribution in [3.63, 3.8) is 0 Å². The van der Waals surface area contributed by atoms with Gasteiger partial charge in [-0.15, -0.1) is 0 Å². The van der Waals surface area contributed by atoms with E-state index in [1.165, 1.54) is 95.5 Å². The van der Waals surface area contributed by atoms with Gasteiger partial charge in [0.05, 0.1) is 0 Å². The first-order valence-corrected chi connectivity index (χ1v) is 12.7. The second kappa shape index (κ2) is 19.0. The summed E-state index contributed by atoms with van der Waals surface area (Å²) < 4.78 is 6.16. The Kier molecular flexibility index (Phi) is 17.0. The highest BCUT2D eigenvalue weighted by Crippen LogP contribution is 2.18. The fourth-order valence-corrected chi connectivity index (χ4v) is 3.85. The Morgan fingerprint density at radius 1 is 0.724 bits per heavy atom. The topological polar surface area (TPSA) is 21.3 Å². The van der Waals surface area contributed by atoms with Crippen molar-refractivity contribution in [3.05, 3.63) is 29.8 Å². The molecule has 0 aliphatic carbocycles. The molecule has 0 radical (unpaired) electrons. The zero-order chi connectivity index (χ0) is 21.0. The molecule has 1 N–H and O–H groups in total. The highest BCUT2D eigenvalue weighted by molar-refractivity contribution is 5.31. The number of rotatable bonds is 20. The number of hydrogen-bond donors (Lipinski definition) is 1. The third-order valence-electron chi connectivity index (χ3n) is 5.92. The van der Waals surface area contributed by atoms with Crippen molar-refractivity contribution in [3.8, 4) is 5.75 Å². The molecule has 0 saturated heterocycles. The second-order valence-electron chi connectivity index (χ2n) is 8.71. The van der Waals surface area contributed by atoms with Gasteiger partial charge in [0, 0.05) is 6.54 Å². The summed E-state index contributed by atoms with van der Waals surface area (Å²) in [7, 11) is 0. The van der Waals surface area contributed by atoms with E-state index >= 15 is 0 Å². The Morgan fingerprint density at radius 3 is 1.76 bits per heavy atom. The molecule has 1 unspecified atom stereocenters. The molecule has 1 rings (SSSR count). The summed E-state index contributed by atoms with van der Waals surface area (Å²) in [4.78, 5) is 0. The maximum Gasteiger partial charge on any atom is 0.122 e. The lowest BCUT2D eigenvalue weighted by Gasteiger charge is -2.19. The molecule has 1 aromatic carbocycles. The molecule has 0 heterocycles. The number of aryl methyl sites for hydroxylation is 1. The third kappa shape index (κ3) is 14.6. The lowest BCUT2D eigenvalue weighted by Crippen LogP contribution is -2.31. The Bertz CT molecular complexity index is 473. The van der Waals surface area contributed by atoms with Crippen LogP contribution >= 0.6 is 0 Å². The SMILES string of the molecule is CCCCCCCCCCCCCCCCNCC(CC)Oc1ccccc1C. The molecule has 0 aliphatic rings. The number of benzene rings is 1. The monoisotopic (exact) mass is 403 g/mol. The van der Waals surface area contributed by atoms with Crippen LogP contribution in [0.2, 0.25) is 0 Å². The van der Waals surface area contributed by atoms with Crippen LogP contribution in [0.15, 0.2) is 24.3 Å². The van der Waals surface area contributed by atoms with Crippen molar-refractivity contribution >= 4 is 0 Å². The maximum atomic E-state index is 6.16. The van der Waals surface area contributed by atoms with E-state index in [4.69, 9.17) is 4.74 Å². The van der Waals surface area contributed by atoms with Gasteiger partial charge in [0.1, 0.15) is 11.9 Å². The zero-order valence-corrected chi connectivity index (χ0v) is 19.8. The average Bonchev–Trinajstić information content (AvgIpc) is 2.74. The van der Waals surface area contributed by atoms with E-state index in [1.54, 1.807) is 0 Å². The molecule has 0 spiro atoms. The second-order valence-corrected chi connectivity index (χ2v) is 8.71. The molecular formula is C27H49NO. The van der Waals surface area contributed by atoms with E-state index in [9.17, 15) is 0 Å². The fraction of sp³-hybridized carbons (Fsp3) is 0.778. The number of hydrogen-bond acceptors (Lipinski definition) is 2. The fourth-order valence-electron chi connectivity index (χ4n) is 3.85. The predicted octanol–water partition coefficient (Wildman–Crippen LogP) is 8.22. The Labute approximate surface area is 182 Å². The number of para-hydroxylation sites is 1. The van der Waals surface area contributed by atoms with Crippen LogP contribution in [0.4, 0.5) is 0 Å². The van der Waals surface area contributed by atoms with Crippen molar-refractivity contribution in [2.75, 3.05) is 13.1 Å². The molecule has 29 heavy (non-hydrogen) atoms. The van der Waals surface area contributed by atoms with Gasteiger partial charge >= 0.3 is 0 Å². The van der Waals surface area contributed by atoms with E-state index in [0.29, 0.717) is 0 Å². The summed E-state index contributed by atoms with van der Waals surface area (Å²) in [5.41, 5.74) is 1.22. The summed E-state index contributed by atoms with van der Waals surface area (Å²) in [6.07, 6.45) is 21.2. The average molecular weight is 404 g/mol. The van der Waals surface area contributed by atoms with Gasteiger partial charge in [-0.3, -0.25) is 0 Å². The van der Waals surface area contributed by atoms with Gasteiger partial charge in [0.2, 0.25) is 0 Å². The molecule has 2 heteroatoms. The summed E-state index contributed by atoms with van der Waals surface area (Å²) in [5, 5.41) is 3.59. The minimum atomic E-state index is 0.266. The molecule has 1 aromatic rings. The Morgan fingerprint density at radius 2 is 1.24 bits per heavy atom. The largest absolute Gasteiger partial charge is 0.489 e. The van der Waals surface area contributed by atoms with Gasteiger partial charge in [-0.1, -0.05) is 116 Å². The molecule has 1 atom stereocenters.